The quantitative estimate of drug-likeness (QED) is 0.802. The summed E-state index contributed by atoms with van der Waals surface area (Å²) in [5.74, 6) is 0.191. The van der Waals surface area contributed by atoms with Gasteiger partial charge in [0.15, 0.2) is 0 Å². The van der Waals surface area contributed by atoms with Crippen molar-refractivity contribution >= 4 is 33.8 Å². The third-order valence-corrected chi connectivity index (χ3v) is 4.49. The minimum Gasteiger partial charge on any atom is -0.497 e. The summed E-state index contributed by atoms with van der Waals surface area (Å²) in [6.45, 7) is 0.730. The average molecular weight is 368 g/mol. The Bertz CT molecular complexity index is 641. The third-order valence-electron chi connectivity index (χ3n) is 3.80. The number of urea groups is 1. The van der Waals surface area contributed by atoms with Crippen molar-refractivity contribution in [1.82, 2.24) is 15.1 Å². The van der Waals surface area contributed by atoms with Crippen LogP contribution in [0.2, 0.25) is 0 Å². The second kappa shape index (κ2) is 5.60. The summed E-state index contributed by atoms with van der Waals surface area (Å²) < 4.78 is 5.80. The molecule has 0 saturated carbocycles. The Balaban J connectivity index is 1.69. The third kappa shape index (κ3) is 2.43. The van der Waals surface area contributed by atoms with Gasteiger partial charge in [-0.1, -0.05) is 0 Å². The SMILES string of the molecule is COc1ccc(Br)c(C(=O)N2CC(N3C(=O)CNC3=O)C2)c1. The molecule has 8 heteroatoms. The number of imide groups is 1. The standard InChI is InChI=1S/C14H14BrN3O4/c1-22-9-2-3-11(15)10(4-9)13(20)17-6-8(7-17)18-12(19)5-16-14(18)21/h2-4,8H,5-7H2,1H3,(H,16,21). The summed E-state index contributed by atoms with van der Waals surface area (Å²) in [4.78, 5) is 38.5. The van der Waals surface area contributed by atoms with Crippen LogP contribution in [0.1, 0.15) is 10.4 Å². The first-order valence-corrected chi connectivity index (χ1v) is 7.53. The van der Waals surface area contributed by atoms with Gasteiger partial charge in [0.05, 0.1) is 25.3 Å². The van der Waals surface area contributed by atoms with E-state index >= 15 is 0 Å². The zero-order valence-corrected chi connectivity index (χ0v) is 13.4. The van der Waals surface area contributed by atoms with Crippen LogP contribution < -0.4 is 10.1 Å². The summed E-state index contributed by atoms with van der Waals surface area (Å²) in [5, 5.41) is 2.48. The molecule has 2 heterocycles. The van der Waals surface area contributed by atoms with E-state index in [4.69, 9.17) is 4.74 Å². The lowest BCUT2D eigenvalue weighted by atomic mass is 10.0. The van der Waals surface area contributed by atoms with Gasteiger partial charge >= 0.3 is 6.03 Å². The number of carbonyl (C=O) groups is 3. The first-order chi connectivity index (χ1) is 10.5. The Morgan fingerprint density at radius 2 is 2.09 bits per heavy atom. The Kier molecular flexibility index (Phi) is 3.78. The van der Waals surface area contributed by atoms with Gasteiger partial charge in [0.1, 0.15) is 5.75 Å². The van der Waals surface area contributed by atoms with Crippen molar-refractivity contribution in [3.8, 4) is 5.75 Å². The molecule has 0 spiro atoms. The van der Waals surface area contributed by atoms with Crippen LogP contribution in [0, 0.1) is 0 Å². The van der Waals surface area contributed by atoms with Crippen LogP contribution in [-0.2, 0) is 4.79 Å². The molecule has 4 amide bonds. The van der Waals surface area contributed by atoms with Gasteiger partial charge in [0, 0.05) is 17.6 Å². The maximum absolute atomic E-state index is 12.5. The predicted octanol–water partition coefficient (Wildman–Crippen LogP) is 0.834. The van der Waals surface area contributed by atoms with Crippen LogP contribution in [0.4, 0.5) is 4.79 Å². The van der Waals surface area contributed by atoms with E-state index in [-0.39, 0.29) is 30.4 Å². The molecule has 22 heavy (non-hydrogen) atoms. The molecule has 3 rings (SSSR count). The summed E-state index contributed by atoms with van der Waals surface area (Å²) in [7, 11) is 1.54. The fourth-order valence-electron chi connectivity index (χ4n) is 2.55. The van der Waals surface area contributed by atoms with E-state index in [0.717, 1.165) is 0 Å². The van der Waals surface area contributed by atoms with Gasteiger partial charge in [-0.2, -0.15) is 0 Å². The van der Waals surface area contributed by atoms with Crippen molar-refractivity contribution in [3.05, 3.63) is 28.2 Å². The maximum Gasteiger partial charge on any atom is 0.324 e. The number of likely N-dealkylation sites (tertiary alicyclic amines) is 1. The lowest BCUT2D eigenvalue weighted by molar-refractivity contribution is -0.128. The van der Waals surface area contributed by atoms with Gasteiger partial charge in [-0.05, 0) is 34.1 Å². The molecule has 0 bridgehead atoms. The van der Waals surface area contributed by atoms with E-state index < -0.39 is 0 Å². The second-order valence-corrected chi connectivity index (χ2v) is 5.99. The Morgan fingerprint density at radius 3 is 2.68 bits per heavy atom. The molecule has 2 aliphatic rings. The maximum atomic E-state index is 12.5. The molecular formula is C14H14BrN3O4. The van der Waals surface area contributed by atoms with Crippen molar-refractivity contribution in [2.24, 2.45) is 0 Å². The van der Waals surface area contributed by atoms with Crippen molar-refractivity contribution in [2.75, 3.05) is 26.7 Å². The minimum atomic E-state index is -0.385. The molecule has 0 aromatic heterocycles. The van der Waals surface area contributed by atoms with Crippen LogP contribution in [0.25, 0.3) is 0 Å². The van der Waals surface area contributed by atoms with Crippen LogP contribution in [-0.4, -0.2) is 60.4 Å². The summed E-state index contributed by atoms with van der Waals surface area (Å²) in [6.07, 6.45) is 0. The topological polar surface area (TPSA) is 79.0 Å². The largest absolute Gasteiger partial charge is 0.497 e. The number of ether oxygens (including phenoxy) is 1. The number of halogens is 1. The molecule has 0 aliphatic carbocycles. The fourth-order valence-corrected chi connectivity index (χ4v) is 2.97. The molecule has 0 atom stereocenters. The normalized spacial score (nSPS) is 18.3. The van der Waals surface area contributed by atoms with E-state index in [1.807, 2.05) is 0 Å². The minimum absolute atomic E-state index is 0.0325. The Hall–Kier alpha value is -2.09. The highest BCUT2D eigenvalue weighted by Gasteiger charge is 2.43. The van der Waals surface area contributed by atoms with Gasteiger partial charge in [-0.15, -0.1) is 0 Å². The van der Waals surface area contributed by atoms with Crippen LogP contribution in [0.15, 0.2) is 22.7 Å². The van der Waals surface area contributed by atoms with Crippen molar-refractivity contribution < 1.29 is 19.1 Å². The molecule has 2 aliphatic heterocycles. The number of methoxy groups -OCH3 is 1. The molecule has 0 radical (unpaired) electrons. The smallest absolute Gasteiger partial charge is 0.324 e. The van der Waals surface area contributed by atoms with E-state index in [0.29, 0.717) is 28.9 Å². The molecule has 1 N–H and O–H groups in total. The number of rotatable bonds is 3. The lowest BCUT2D eigenvalue weighted by Crippen LogP contribution is -2.62. The average Bonchev–Trinajstić information content (AvgIpc) is 2.78. The fraction of sp³-hybridized carbons (Fsp3) is 0.357. The second-order valence-electron chi connectivity index (χ2n) is 5.13. The lowest BCUT2D eigenvalue weighted by Gasteiger charge is -2.42. The van der Waals surface area contributed by atoms with E-state index in [2.05, 4.69) is 21.2 Å². The van der Waals surface area contributed by atoms with Crippen molar-refractivity contribution in [2.45, 2.75) is 6.04 Å². The van der Waals surface area contributed by atoms with E-state index in [1.165, 1.54) is 12.0 Å². The summed E-state index contributed by atoms with van der Waals surface area (Å²) in [6, 6.07) is 4.54. The number of hydrogen-bond acceptors (Lipinski definition) is 4. The van der Waals surface area contributed by atoms with Gasteiger partial charge in [0.2, 0.25) is 5.91 Å². The first kappa shape index (κ1) is 14.8. The monoisotopic (exact) mass is 367 g/mol. The van der Waals surface area contributed by atoms with Crippen molar-refractivity contribution in [1.29, 1.82) is 0 Å². The number of carbonyl (C=O) groups excluding carboxylic acids is 3. The molecule has 2 saturated heterocycles. The summed E-state index contributed by atoms with van der Waals surface area (Å²) >= 11 is 3.35. The molecule has 1 aromatic carbocycles. The Labute approximate surface area is 135 Å². The zero-order chi connectivity index (χ0) is 15.9. The summed E-state index contributed by atoms with van der Waals surface area (Å²) in [5.41, 5.74) is 0.495. The van der Waals surface area contributed by atoms with Gasteiger partial charge in [-0.3, -0.25) is 14.5 Å². The highest BCUT2D eigenvalue weighted by Crippen LogP contribution is 2.27. The van der Waals surface area contributed by atoms with Crippen LogP contribution >= 0.6 is 15.9 Å². The number of nitrogens with one attached hydrogen (secondary N) is 1. The number of hydrogen-bond donors (Lipinski definition) is 1. The van der Waals surface area contributed by atoms with Crippen LogP contribution in [0.3, 0.4) is 0 Å². The Morgan fingerprint density at radius 1 is 1.36 bits per heavy atom. The van der Waals surface area contributed by atoms with E-state index in [9.17, 15) is 14.4 Å². The van der Waals surface area contributed by atoms with E-state index in [1.54, 1.807) is 23.1 Å². The van der Waals surface area contributed by atoms with Crippen LogP contribution in [0.5, 0.6) is 5.75 Å². The highest BCUT2D eigenvalue weighted by molar-refractivity contribution is 9.10. The van der Waals surface area contributed by atoms with Gasteiger partial charge in [0.25, 0.3) is 5.91 Å². The van der Waals surface area contributed by atoms with Crippen molar-refractivity contribution in [3.63, 3.8) is 0 Å². The molecule has 7 nitrogen and oxygen atoms in total. The molecule has 1 aromatic rings. The van der Waals surface area contributed by atoms with Gasteiger partial charge < -0.3 is 15.0 Å². The predicted molar refractivity (Wildman–Crippen MR) is 80.6 cm³/mol. The number of benzene rings is 1. The van der Waals surface area contributed by atoms with Gasteiger partial charge in [-0.25, -0.2) is 4.79 Å². The number of amides is 4. The first-order valence-electron chi connectivity index (χ1n) is 6.74. The molecule has 116 valence electrons. The molecule has 2 fully saturated rings. The molecule has 0 unspecified atom stereocenters. The highest BCUT2D eigenvalue weighted by atomic mass is 79.9. The molecular weight excluding hydrogens is 354 g/mol. The number of nitrogens with zero attached hydrogens (tertiary/aromatic N) is 2. The zero-order valence-electron chi connectivity index (χ0n) is 11.8.